The van der Waals surface area contributed by atoms with Crippen molar-refractivity contribution in [3.63, 3.8) is 0 Å². The third-order valence-corrected chi connectivity index (χ3v) is 13.2. The standard InChI is InChI=1S/C56H42/c1-55(2,3)47-29-17-35-11-9-33-15-21-39(43-25-27-45(47)53(35)51(33)43)37-19-13-31-7-8-32-14-20-38(42-24-23-41(37)49(31)50(32)42)40-22-16-34-10-12-36-18-30-48(56(4,5)6)46-28-26-44(40)52(34)54(36)46/h7-30H,1-6H3. The van der Waals surface area contributed by atoms with Gasteiger partial charge in [-0.05, 0) is 141 Å². The Morgan fingerprint density at radius 1 is 0.214 bits per heavy atom. The molecule has 0 saturated heterocycles. The minimum absolute atomic E-state index is 0.0590. The SMILES string of the molecule is CC(C)(C)c1ccc2ccc3ccc(-c4ccc5ccc6ccc(-c7ccc8ccc9ccc(C(C)(C)C)c%10ccc7c8c9%10)c7ccc4c5c67)c4ccc1c2c34. The number of hydrogen-bond acceptors (Lipinski definition) is 0. The van der Waals surface area contributed by atoms with Crippen LogP contribution in [0.5, 0.6) is 0 Å². The van der Waals surface area contributed by atoms with Crippen molar-refractivity contribution >= 4 is 97.0 Å². The number of rotatable bonds is 2. The summed E-state index contributed by atoms with van der Waals surface area (Å²) < 4.78 is 0. The zero-order chi connectivity index (χ0) is 37.8. The van der Waals surface area contributed by atoms with Gasteiger partial charge in [0, 0.05) is 0 Å². The zero-order valence-electron chi connectivity index (χ0n) is 32.9. The summed E-state index contributed by atoms with van der Waals surface area (Å²) in [5, 5.41) is 24.1. The largest absolute Gasteiger partial charge is 0.0573 e. The van der Waals surface area contributed by atoms with Crippen LogP contribution in [0.2, 0.25) is 0 Å². The second kappa shape index (κ2) is 10.7. The molecule has 0 nitrogen and oxygen atoms in total. The highest BCUT2D eigenvalue weighted by molar-refractivity contribution is 6.32. The van der Waals surface area contributed by atoms with Gasteiger partial charge in [0.15, 0.2) is 0 Å². The summed E-state index contributed by atoms with van der Waals surface area (Å²) in [4.78, 5) is 0. The van der Waals surface area contributed by atoms with Crippen LogP contribution in [0.25, 0.3) is 119 Å². The van der Waals surface area contributed by atoms with Crippen LogP contribution in [0.15, 0.2) is 146 Å². The second-order valence-electron chi connectivity index (χ2n) is 18.4. The third-order valence-electron chi connectivity index (χ3n) is 13.2. The normalized spacial score (nSPS) is 13.2. The fourth-order valence-electron chi connectivity index (χ4n) is 10.7. The lowest BCUT2D eigenvalue weighted by atomic mass is 9.80. The summed E-state index contributed by atoms with van der Waals surface area (Å²) in [5.74, 6) is 0. The van der Waals surface area contributed by atoms with Crippen LogP contribution >= 0.6 is 0 Å². The van der Waals surface area contributed by atoms with Gasteiger partial charge in [0.25, 0.3) is 0 Å². The van der Waals surface area contributed by atoms with Crippen molar-refractivity contribution in [1.29, 1.82) is 0 Å². The maximum absolute atomic E-state index is 2.41. The Labute approximate surface area is 327 Å². The predicted octanol–water partition coefficient (Wildman–Crippen LogP) is 16.3. The van der Waals surface area contributed by atoms with Crippen LogP contribution in [0.1, 0.15) is 52.7 Å². The molecule has 0 bridgehead atoms. The first-order chi connectivity index (χ1) is 27.0. The molecule has 0 heteroatoms. The topological polar surface area (TPSA) is 0 Å². The van der Waals surface area contributed by atoms with E-state index in [1.165, 1.54) is 130 Å². The Morgan fingerprint density at radius 3 is 0.661 bits per heavy atom. The summed E-state index contributed by atoms with van der Waals surface area (Å²) in [6.07, 6.45) is 0. The lowest BCUT2D eigenvalue weighted by Crippen LogP contribution is -2.11. The molecule has 0 spiro atoms. The molecule has 0 N–H and O–H groups in total. The Kier molecular flexibility index (Phi) is 6.15. The average molecular weight is 715 g/mol. The van der Waals surface area contributed by atoms with E-state index >= 15 is 0 Å². The molecule has 0 radical (unpaired) electrons. The molecule has 0 aliphatic heterocycles. The second-order valence-corrected chi connectivity index (χ2v) is 18.4. The van der Waals surface area contributed by atoms with Gasteiger partial charge < -0.3 is 0 Å². The summed E-state index contributed by atoms with van der Waals surface area (Å²) in [7, 11) is 0. The minimum Gasteiger partial charge on any atom is -0.0573 e. The molecule has 12 aromatic rings. The predicted molar refractivity (Wildman–Crippen MR) is 246 cm³/mol. The Hall–Kier alpha value is -6.24. The summed E-state index contributed by atoms with van der Waals surface area (Å²) in [6, 6.07) is 56.4. The molecule has 0 atom stereocenters. The molecule has 0 heterocycles. The highest BCUT2D eigenvalue weighted by Gasteiger charge is 2.24. The fourth-order valence-corrected chi connectivity index (χ4v) is 10.7. The lowest BCUT2D eigenvalue weighted by Gasteiger charge is -2.24. The van der Waals surface area contributed by atoms with E-state index in [2.05, 4.69) is 187 Å². The van der Waals surface area contributed by atoms with Crippen molar-refractivity contribution in [3.8, 4) is 22.3 Å². The monoisotopic (exact) mass is 714 g/mol. The molecule has 0 aliphatic carbocycles. The van der Waals surface area contributed by atoms with Gasteiger partial charge in [0.1, 0.15) is 0 Å². The molecule has 0 unspecified atom stereocenters. The van der Waals surface area contributed by atoms with Gasteiger partial charge in [0.05, 0.1) is 0 Å². The first-order valence-electron chi connectivity index (χ1n) is 20.2. The maximum Gasteiger partial charge on any atom is -0.00203 e. The van der Waals surface area contributed by atoms with Gasteiger partial charge in [-0.15, -0.1) is 0 Å². The van der Waals surface area contributed by atoms with Crippen molar-refractivity contribution in [2.24, 2.45) is 0 Å². The minimum atomic E-state index is 0.0590. The van der Waals surface area contributed by atoms with Gasteiger partial charge in [-0.1, -0.05) is 187 Å². The van der Waals surface area contributed by atoms with E-state index in [9.17, 15) is 0 Å². The van der Waals surface area contributed by atoms with Crippen LogP contribution in [0.3, 0.4) is 0 Å². The van der Waals surface area contributed by atoms with Gasteiger partial charge >= 0.3 is 0 Å². The van der Waals surface area contributed by atoms with Gasteiger partial charge in [0.2, 0.25) is 0 Å². The molecule has 12 aromatic carbocycles. The van der Waals surface area contributed by atoms with Crippen molar-refractivity contribution < 1.29 is 0 Å². The number of hydrogen-bond donors (Lipinski definition) is 0. The lowest BCUT2D eigenvalue weighted by molar-refractivity contribution is 0.596. The third kappa shape index (κ3) is 4.20. The highest BCUT2D eigenvalue weighted by Crippen LogP contribution is 2.48. The van der Waals surface area contributed by atoms with Gasteiger partial charge in [-0.25, -0.2) is 0 Å². The zero-order valence-corrected chi connectivity index (χ0v) is 32.9. The van der Waals surface area contributed by atoms with Gasteiger partial charge in [-0.2, -0.15) is 0 Å². The smallest absolute Gasteiger partial charge is 0.00203 e. The molecule has 0 amide bonds. The first kappa shape index (κ1) is 32.0. The van der Waals surface area contributed by atoms with Crippen LogP contribution in [-0.2, 0) is 10.8 Å². The summed E-state index contributed by atoms with van der Waals surface area (Å²) in [6.45, 7) is 14.0. The quantitative estimate of drug-likeness (QED) is 0.156. The van der Waals surface area contributed by atoms with Crippen LogP contribution < -0.4 is 0 Å². The van der Waals surface area contributed by atoms with E-state index in [1.54, 1.807) is 0 Å². The van der Waals surface area contributed by atoms with Crippen LogP contribution in [-0.4, -0.2) is 0 Å². The van der Waals surface area contributed by atoms with Crippen molar-refractivity contribution in [1.82, 2.24) is 0 Å². The van der Waals surface area contributed by atoms with Crippen molar-refractivity contribution in [2.45, 2.75) is 52.4 Å². The maximum atomic E-state index is 2.41. The molecule has 266 valence electrons. The Balaban J connectivity index is 1.12. The molecule has 0 saturated carbocycles. The van der Waals surface area contributed by atoms with Crippen molar-refractivity contribution in [2.75, 3.05) is 0 Å². The summed E-state index contributed by atoms with van der Waals surface area (Å²) in [5.41, 5.74) is 8.12. The number of benzene rings is 12. The average Bonchev–Trinajstić information content (AvgIpc) is 3.20. The Bertz CT molecular complexity index is 3340. The van der Waals surface area contributed by atoms with Crippen LogP contribution in [0, 0.1) is 0 Å². The van der Waals surface area contributed by atoms with E-state index in [0.29, 0.717) is 0 Å². The molecule has 0 aromatic heterocycles. The summed E-state index contributed by atoms with van der Waals surface area (Å²) >= 11 is 0. The Morgan fingerprint density at radius 2 is 0.411 bits per heavy atom. The molecular weight excluding hydrogens is 673 g/mol. The van der Waals surface area contributed by atoms with E-state index in [4.69, 9.17) is 0 Å². The molecule has 0 aliphatic rings. The van der Waals surface area contributed by atoms with E-state index in [0.717, 1.165) is 0 Å². The van der Waals surface area contributed by atoms with E-state index in [1.807, 2.05) is 0 Å². The van der Waals surface area contributed by atoms with Crippen LogP contribution in [0.4, 0.5) is 0 Å². The van der Waals surface area contributed by atoms with E-state index < -0.39 is 0 Å². The van der Waals surface area contributed by atoms with Crippen molar-refractivity contribution in [3.05, 3.63) is 157 Å². The molecular formula is C56H42. The first-order valence-corrected chi connectivity index (χ1v) is 20.2. The van der Waals surface area contributed by atoms with E-state index in [-0.39, 0.29) is 10.8 Å². The highest BCUT2D eigenvalue weighted by atomic mass is 14.3. The fraction of sp³-hybridized carbons (Fsp3) is 0.143. The molecule has 0 fully saturated rings. The molecule has 12 rings (SSSR count). The molecule has 56 heavy (non-hydrogen) atoms. The van der Waals surface area contributed by atoms with Gasteiger partial charge in [-0.3, -0.25) is 0 Å².